The topological polar surface area (TPSA) is 21.3 Å². The van der Waals surface area contributed by atoms with Crippen molar-refractivity contribution < 1.29 is 13.5 Å². The van der Waals surface area contributed by atoms with Crippen LogP contribution in [0.2, 0.25) is 0 Å². The second-order valence-corrected chi connectivity index (χ2v) is 3.19. The van der Waals surface area contributed by atoms with Gasteiger partial charge in [-0.05, 0) is 31.6 Å². The molecule has 0 aliphatic rings. The van der Waals surface area contributed by atoms with Crippen molar-refractivity contribution in [2.75, 3.05) is 20.7 Å². The molecule has 1 N–H and O–H groups in total. The van der Waals surface area contributed by atoms with Crippen molar-refractivity contribution in [2.24, 2.45) is 0 Å². The molecule has 0 fully saturated rings. The molecule has 1 rings (SSSR count). The van der Waals surface area contributed by atoms with Gasteiger partial charge in [0.1, 0.15) is 5.75 Å². The fraction of sp³-hybridized carbons (Fsp3) is 0.455. The van der Waals surface area contributed by atoms with Crippen LogP contribution in [0.15, 0.2) is 18.2 Å². The zero-order valence-corrected chi connectivity index (χ0v) is 8.89. The van der Waals surface area contributed by atoms with Crippen molar-refractivity contribution >= 4 is 0 Å². The van der Waals surface area contributed by atoms with Gasteiger partial charge in [0.15, 0.2) is 0 Å². The first-order valence-corrected chi connectivity index (χ1v) is 4.79. The van der Waals surface area contributed by atoms with Crippen LogP contribution in [-0.2, 0) is 6.42 Å². The van der Waals surface area contributed by atoms with E-state index in [0.717, 1.165) is 12.1 Å². The molecular weight excluding hydrogens is 200 g/mol. The summed E-state index contributed by atoms with van der Waals surface area (Å²) >= 11 is 0. The van der Waals surface area contributed by atoms with E-state index in [2.05, 4.69) is 5.32 Å². The Balaban J connectivity index is 2.99. The van der Waals surface area contributed by atoms with E-state index in [9.17, 15) is 8.78 Å². The van der Waals surface area contributed by atoms with E-state index in [1.165, 1.54) is 13.2 Å². The van der Waals surface area contributed by atoms with E-state index in [4.69, 9.17) is 4.74 Å². The molecule has 1 aromatic carbocycles. The van der Waals surface area contributed by atoms with Crippen LogP contribution >= 0.6 is 0 Å². The lowest BCUT2D eigenvalue weighted by Crippen LogP contribution is -2.11. The van der Waals surface area contributed by atoms with Crippen LogP contribution in [0.25, 0.3) is 0 Å². The molecule has 0 aliphatic carbocycles. The van der Waals surface area contributed by atoms with E-state index in [1.807, 2.05) is 13.1 Å². The summed E-state index contributed by atoms with van der Waals surface area (Å²) in [5, 5.41) is 2.97. The summed E-state index contributed by atoms with van der Waals surface area (Å²) < 4.78 is 30.3. The van der Waals surface area contributed by atoms with E-state index in [0.29, 0.717) is 12.2 Å². The van der Waals surface area contributed by atoms with Gasteiger partial charge in [-0.25, -0.2) is 8.78 Å². The molecule has 0 unspecified atom stereocenters. The number of benzene rings is 1. The molecular formula is C11H15F2NO. The molecule has 0 spiro atoms. The minimum Gasteiger partial charge on any atom is -0.496 e. The van der Waals surface area contributed by atoms with Crippen LogP contribution in [0, 0.1) is 0 Å². The summed E-state index contributed by atoms with van der Waals surface area (Å²) in [4.78, 5) is 0. The monoisotopic (exact) mass is 215 g/mol. The van der Waals surface area contributed by atoms with E-state index in [1.54, 1.807) is 6.07 Å². The molecule has 0 amide bonds. The van der Waals surface area contributed by atoms with Gasteiger partial charge in [0, 0.05) is 0 Å². The molecule has 15 heavy (non-hydrogen) atoms. The maximum absolute atomic E-state index is 12.6. The average molecular weight is 215 g/mol. The van der Waals surface area contributed by atoms with Crippen molar-refractivity contribution in [3.63, 3.8) is 0 Å². The minimum atomic E-state index is -2.49. The van der Waals surface area contributed by atoms with Gasteiger partial charge in [0.05, 0.1) is 12.7 Å². The summed E-state index contributed by atoms with van der Waals surface area (Å²) in [6.07, 6.45) is -1.81. The van der Waals surface area contributed by atoms with Crippen LogP contribution < -0.4 is 10.1 Å². The van der Waals surface area contributed by atoms with Crippen molar-refractivity contribution in [3.05, 3.63) is 29.3 Å². The third kappa shape index (κ3) is 2.89. The highest BCUT2D eigenvalue weighted by Gasteiger charge is 2.16. The SMILES string of the molecule is CNCCc1cccc(C(F)F)c1OC. The van der Waals surface area contributed by atoms with E-state index in [-0.39, 0.29) is 5.56 Å². The molecule has 0 heterocycles. The number of halogens is 2. The maximum Gasteiger partial charge on any atom is 0.267 e. The molecule has 0 atom stereocenters. The molecule has 1 aromatic rings. The fourth-order valence-corrected chi connectivity index (χ4v) is 1.48. The Morgan fingerprint density at radius 3 is 2.67 bits per heavy atom. The number of methoxy groups -OCH3 is 1. The van der Waals surface area contributed by atoms with Crippen molar-refractivity contribution in [3.8, 4) is 5.75 Å². The highest BCUT2D eigenvalue weighted by atomic mass is 19.3. The molecule has 0 aliphatic heterocycles. The summed E-state index contributed by atoms with van der Waals surface area (Å²) in [6, 6.07) is 4.84. The average Bonchev–Trinajstić information content (AvgIpc) is 2.25. The van der Waals surface area contributed by atoms with Crippen LogP contribution in [0.3, 0.4) is 0 Å². The predicted molar refractivity (Wildman–Crippen MR) is 55.6 cm³/mol. The highest BCUT2D eigenvalue weighted by Crippen LogP contribution is 2.31. The van der Waals surface area contributed by atoms with Crippen molar-refractivity contribution in [2.45, 2.75) is 12.8 Å². The minimum absolute atomic E-state index is 0.0360. The number of alkyl halides is 2. The molecule has 0 radical (unpaired) electrons. The number of likely N-dealkylation sites (N-methyl/N-ethyl adjacent to an activating group) is 1. The standard InChI is InChI=1S/C11H15F2NO/c1-14-7-6-8-4-3-5-9(11(12)13)10(8)15-2/h3-5,11,14H,6-7H2,1-2H3. The van der Waals surface area contributed by atoms with Gasteiger partial charge in [0.25, 0.3) is 6.43 Å². The Kier molecular flexibility index (Phi) is 4.49. The second-order valence-electron chi connectivity index (χ2n) is 3.19. The zero-order valence-electron chi connectivity index (χ0n) is 8.89. The Morgan fingerprint density at radius 2 is 2.13 bits per heavy atom. The van der Waals surface area contributed by atoms with E-state index < -0.39 is 6.43 Å². The van der Waals surface area contributed by atoms with Crippen molar-refractivity contribution in [1.82, 2.24) is 5.32 Å². The van der Waals surface area contributed by atoms with Gasteiger partial charge < -0.3 is 10.1 Å². The zero-order chi connectivity index (χ0) is 11.3. The third-order valence-electron chi connectivity index (χ3n) is 2.21. The summed E-state index contributed by atoms with van der Waals surface area (Å²) in [5.41, 5.74) is 0.774. The summed E-state index contributed by atoms with van der Waals surface area (Å²) in [5.74, 6) is 0.308. The van der Waals surface area contributed by atoms with Crippen LogP contribution in [-0.4, -0.2) is 20.7 Å². The first kappa shape index (κ1) is 11.9. The summed E-state index contributed by atoms with van der Waals surface area (Å²) in [7, 11) is 3.24. The fourth-order valence-electron chi connectivity index (χ4n) is 1.48. The number of nitrogens with one attached hydrogen (secondary N) is 1. The van der Waals surface area contributed by atoms with Crippen LogP contribution in [0.4, 0.5) is 8.78 Å². The largest absolute Gasteiger partial charge is 0.496 e. The molecule has 0 saturated heterocycles. The van der Waals surface area contributed by atoms with Gasteiger partial charge in [-0.1, -0.05) is 12.1 Å². The number of hydrogen-bond donors (Lipinski definition) is 1. The first-order chi connectivity index (χ1) is 7.20. The normalized spacial score (nSPS) is 10.7. The molecule has 84 valence electrons. The van der Waals surface area contributed by atoms with Gasteiger partial charge in [-0.3, -0.25) is 0 Å². The molecule has 2 nitrogen and oxygen atoms in total. The summed E-state index contributed by atoms with van der Waals surface area (Å²) in [6.45, 7) is 0.739. The van der Waals surface area contributed by atoms with E-state index >= 15 is 0 Å². The lowest BCUT2D eigenvalue weighted by Gasteiger charge is -2.12. The third-order valence-corrected chi connectivity index (χ3v) is 2.21. The van der Waals surface area contributed by atoms with Crippen molar-refractivity contribution in [1.29, 1.82) is 0 Å². The molecule has 0 bridgehead atoms. The van der Waals surface area contributed by atoms with Gasteiger partial charge in [-0.2, -0.15) is 0 Å². The van der Waals surface area contributed by atoms with Gasteiger partial charge in [0.2, 0.25) is 0 Å². The van der Waals surface area contributed by atoms with Crippen LogP contribution in [0.1, 0.15) is 17.6 Å². The Labute approximate surface area is 88.3 Å². The number of rotatable bonds is 5. The Hall–Kier alpha value is -1.16. The Morgan fingerprint density at radius 1 is 1.40 bits per heavy atom. The van der Waals surface area contributed by atoms with Gasteiger partial charge >= 0.3 is 0 Å². The van der Waals surface area contributed by atoms with Gasteiger partial charge in [-0.15, -0.1) is 0 Å². The maximum atomic E-state index is 12.6. The lowest BCUT2D eigenvalue weighted by atomic mass is 10.1. The predicted octanol–water partition coefficient (Wildman–Crippen LogP) is 2.39. The number of para-hydroxylation sites is 1. The lowest BCUT2D eigenvalue weighted by molar-refractivity contribution is 0.147. The molecule has 4 heteroatoms. The number of ether oxygens (including phenoxy) is 1. The number of hydrogen-bond acceptors (Lipinski definition) is 2. The van der Waals surface area contributed by atoms with Crippen LogP contribution in [0.5, 0.6) is 5.75 Å². The highest BCUT2D eigenvalue weighted by molar-refractivity contribution is 5.42. The smallest absolute Gasteiger partial charge is 0.267 e. The first-order valence-electron chi connectivity index (χ1n) is 4.79. The molecule has 0 saturated carbocycles. The quantitative estimate of drug-likeness (QED) is 0.814. The Bertz CT molecular complexity index is 315. The molecule has 0 aromatic heterocycles. The second kappa shape index (κ2) is 5.66.